The predicted molar refractivity (Wildman–Crippen MR) is 108 cm³/mol. The Balaban J connectivity index is 1.29. The van der Waals surface area contributed by atoms with Crippen molar-refractivity contribution >= 4 is 33.6 Å². The highest BCUT2D eigenvalue weighted by Crippen LogP contribution is 2.17. The van der Waals surface area contributed by atoms with E-state index in [0.29, 0.717) is 32.1 Å². The molecule has 0 saturated carbocycles. The molecule has 3 heterocycles. The van der Waals surface area contributed by atoms with Gasteiger partial charge in [-0.2, -0.15) is 9.61 Å². The number of fused-ring (bicyclic) bond motifs is 1. The summed E-state index contributed by atoms with van der Waals surface area (Å²) in [5.74, 6) is -0.254. The summed E-state index contributed by atoms with van der Waals surface area (Å²) in [4.78, 5) is 33.0. The summed E-state index contributed by atoms with van der Waals surface area (Å²) in [5.41, 5.74) is 0.902. The molecule has 3 aromatic heterocycles. The first-order valence-electron chi connectivity index (χ1n) is 8.80. The van der Waals surface area contributed by atoms with Gasteiger partial charge in [0.1, 0.15) is 29.8 Å². The summed E-state index contributed by atoms with van der Waals surface area (Å²) in [6, 6.07) is 7.10. The zero-order valence-corrected chi connectivity index (χ0v) is 17.3. The average Bonchev–Trinajstić information content (AvgIpc) is 3.32. The summed E-state index contributed by atoms with van der Waals surface area (Å²) in [7, 11) is 0. The molecule has 0 spiro atoms. The number of ether oxygens (including phenoxy) is 2. The molecule has 0 atom stereocenters. The van der Waals surface area contributed by atoms with Crippen molar-refractivity contribution in [3.05, 3.63) is 73.3 Å². The molecule has 0 unspecified atom stereocenters. The Morgan fingerprint density at radius 1 is 1.17 bits per heavy atom. The van der Waals surface area contributed by atoms with E-state index >= 15 is 0 Å². The van der Waals surface area contributed by atoms with Crippen LogP contribution < -0.4 is 10.3 Å². The summed E-state index contributed by atoms with van der Waals surface area (Å²) in [5, 5.41) is 7.05. The first-order chi connectivity index (χ1) is 14.5. The van der Waals surface area contributed by atoms with Crippen LogP contribution in [0.4, 0.5) is 4.39 Å². The van der Waals surface area contributed by atoms with E-state index in [-0.39, 0.29) is 31.0 Å². The number of aryl methyl sites for hydroxylation is 1. The Bertz CT molecular complexity index is 1250. The van der Waals surface area contributed by atoms with Gasteiger partial charge in [-0.05, 0) is 31.2 Å². The van der Waals surface area contributed by atoms with Crippen LogP contribution in [-0.4, -0.2) is 25.6 Å². The van der Waals surface area contributed by atoms with Gasteiger partial charge in [-0.25, -0.2) is 14.4 Å². The topological polar surface area (TPSA) is 95.7 Å². The van der Waals surface area contributed by atoms with Crippen molar-refractivity contribution < 1.29 is 18.7 Å². The highest BCUT2D eigenvalue weighted by atomic mass is 32.1. The van der Waals surface area contributed by atoms with Crippen LogP contribution in [0.3, 0.4) is 0 Å². The molecule has 0 aliphatic heterocycles. The van der Waals surface area contributed by atoms with Crippen molar-refractivity contribution in [1.29, 1.82) is 0 Å². The van der Waals surface area contributed by atoms with Crippen LogP contribution in [0.15, 0.2) is 40.5 Å². The molecular formula is C19H15FN4O4S2. The van der Waals surface area contributed by atoms with Gasteiger partial charge in [0.15, 0.2) is 5.01 Å². The van der Waals surface area contributed by atoms with Gasteiger partial charge in [-0.15, -0.1) is 11.3 Å². The molecule has 0 saturated heterocycles. The number of carbonyl (C=O) groups is 1. The number of nitrogens with zero attached hydrogens (tertiary/aromatic N) is 4. The van der Waals surface area contributed by atoms with Gasteiger partial charge in [0.2, 0.25) is 4.96 Å². The smallest absolute Gasteiger partial charge is 0.312 e. The summed E-state index contributed by atoms with van der Waals surface area (Å²) < 4.78 is 24.9. The minimum absolute atomic E-state index is 0.00918. The second kappa shape index (κ2) is 8.67. The van der Waals surface area contributed by atoms with Crippen molar-refractivity contribution in [2.45, 2.75) is 26.6 Å². The first-order valence-corrected chi connectivity index (χ1v) is 10.5. The van der Waals surface area contributed by atoms with Crippen molar-refractivity contribution in [2.75, 3.05) is 0 Å². The van der Waals surface area contributed by atoms with Gasteiger partial charge in [-0.3, -0.25) is 9.59 Å². The fourth-order valence-corrected chi connectivity index (χ4v) is 4.09. The number of carbonyl (C=O) groups excluding carboxylic acids is 1. The van der Waals surface area contributed by atoms with Gasteiger partial charge < -0.3 is 9.47 Å². The van der Waals surface area contributed by atoms with Crippen LogP contribution in [0.2, 0.25) is 0 Å². The molecule has 0 fully saturated rings. The molecule has 4 rings (SSSR count). The Morgan fingerprint density at radius 2 is 1.97 bits per heavy atom. The quantitative estimate of drug-likeness (QED) is 0.403. The third-order valence-corrected chi connectivity index (χ3v) is 5.63. The zero-order valence-electron chi connectivity index (χ0n) is 15.7. The standard InChI is InChI=1S/C19H15FN4O4S2/c1-11-6-17(25)24-19(21-11)30-16(23-24)9-28-18(26)7-13-10-29-15(22-13)8-27-14-4-2-12(20)3-5-14/h2-6,10H,7-9H2,1H3. The van der Waals surface area contributed by atoms with E-state index in [9.17, 15) is 14.0 Å². The van der Waals surface area contributed by atoms with E-state index in [2.05, 4.69) is 15.1 Å². The largest absolute Gasteiger partial charge is 0.486 e. The summed E-state index contributed by atoms with van der Waals surface area (Å²) >= 11 is 2.55. The Hall–Kier alpha value is -3.18. The van der Waals surface area contributed by atoms with Crippen LogP contribution in [0, 0.1) is 12.7 Å². The van der Waals surface area contributed by atoms with E-state index in [1.165, 1.54) is 57.5 Å². The normalized spacial score (nSPS) is 11.0. The molecule has 8 nitrogen and oxygen atoms in total. The maximum atomic E-state index is 12.9. The minimum atomic E-state index is -0.456. The Labute approximate surface area is 177 Å². The van der Waals surface area contributed by atoms with E-state index in [4.69, 9.17) is 9.47 Å². The third kappa shape index (κ3) is 4.86. The molecule has 0 radical (unpaired) electrons. The fourth-order valence-electron chi connectivity index (χ4n) is 2.53. The summed E-state index contributed by atoms with van der Waals surface area (Å²) in [6.07, 6.45) is 0.00918. The van der Waals surface area contributed by atoms with Crippen molar-refractivity contribution in [3.63, 3.8) is 0 Å². The Kier molecular flexibility index (Phi) is 5.81. The maximum absolute atomic E-state index is 12.9. The lowest BCUT2D eigenvalue weighted by Crippen LogP contribution is -2.14. The molecule has 1 aromatic carbocycles. The van der Waals surface area contributed by atoms with Crippen LogP contribution in [0.5, 0.6) is 5.75 Å². The molecule has 0 bridgehead atoms. The third-order valence-electron chi connectivity index (χ3n) is 3.87. The second-order valence-corrected chi connectivity index (χ2v) is 8.22. The molecule has 4 aromatic rings. The highest BCUT2D eigenvalue weighted by molar-refractivity contribution is 7.16. The number of benzene rings is 1. The van der Waals surface area contributed by atoms with Gasteiger partial charge in [0, 0.05) is 17.1 Å². The lowest BCUT2D eigenvalue weighted by atomic mass is 10.3. The molecule has 0 aliphatic carbocycles. The highest BCUT2D eigenvalue weighted by Gasteiger charge is 2.13. The van der Waals surface area contributed by atoms with E-state index < -0.39 is 5.97 Å². The molecule has 0 aliphatic rings. The SMILES string of the molecule is Cc1cc(=O)n2nc(COC(=O)Cc3csc(COc4ccc(F)cc4)n3)sc2n1. The second-order valence-electron chi connectivity index (χ2n) is 6.24. The fraction of sp³-hybridized carbons (Fsp3) is 0.211. The number of halogens is 1. The van der Waals surface area contributed by atoms with Gasteiger partial charge in [0.05, 0.1) is 12.1 Å². The number of esters is 1. The van der Waals surface area contributed by atoms with Crippen molar-refractivity contribution in [3.8, 4) is 5.75 Å². The van der Waals surface area contributed by atoms with Crippen molar-refractivity contribution in [2.24, 2.45) is 0 Å². The van der Waals surface area contributed by atoms with Gasteiger partial charge in [-0.1, -0.05) is 11.3 Å². The molecule has 30 heavy (non-hydrogen) atoms. The van der Waals surface area contributed by atoms with E-state index in [0.717, 1.165) is 0 Å². The summed E-state index contributed by atoms with van der Waals surface area (Å²) in [6.45, 7) is 1.90. The molecule has 0 N–H and O–H groups in total. The molecule has 11 heteroatoms. The number of hydrogen-bond acceptors (Lipinski definition) is 9. The predicted octanol–water partition coefficient (Wildman–Crippen LogP) is 2.92. The molecule has 0 amide bonds. The average molecular weight is 446 g/mol. The van der Waals surface area contributed by atoms with Crippen LogP contribution in [0.1, 0.15) is 21.4 Å². The maximum Gasteiger partial charge on any atom is 0.312 e. The van der Waals surface area contributed by atoms with Crippen LogP contribution in [0.25, 0.3) is 4.96 Å². The minimum Gasteiger partial charge on any atom is -0.486 e. The first kappa shape index (κ1) is 20.1. The lowest BCUT2D eigenvalue weighted by Gasteiger charge is -2.03. The van der Waals surface area contributed by atoms with E-state index in [1.807, 2.05) is 0 Å². The number of aromatic nitrogens is 4. The van der Waals surface area contributed by atoms with Gasteiger partial charge >= 0.3 is 5.97 Å². The van der Waals surface area contributed by atoms with Crippen LogP contribution in [-0.2, 0) is 29.2 Å². The number of thiazole rings is 1. The van der Waals surface area contributed by atoms with Gasteiger partial charge in [0.25, 0.3) is 5.56 Å². The lowest BCUT2D eigenvalue weighted by molar-refractivity contribution is -0.144. The molecular weight excluding hydrogens is 431 g/mol. The monoisotopic (exact) mass is 446 g/mol. The van der Waals surface area contributed by atoms with E-state index in [1.54, 1.807) is 12.3 Å². The number of hydrogen-bond donors (Lipinski definition) is 0. The number of rotatable bonds is 7. The van der Waals surface area contributed by atoms with Crippen molar-refractivity contribution in [1.82, 2.24) is 19.6 Å². The zero-order chi connectivity index (χ0) is 21.1. The molecule has 154 valence electrons. The van der Waals surface area contributed by atoms with Crippen LogP contribution >= 0.6 is 22.7 Å². The Morgan fingerprint density at radius 3 is 2.77 bits per heavy atom.